The van der Waals surface area contributed by atoms with E-state index < -0.39 is 0 Å². The maximum Gasteiger partial charge on any atom is 0.193 e. The molecule has 1 N–H and O–H groups in total. The average Bonchev–Trinajstić information content (AvgIpc) is 2.88. The van der Waals surface area contributed by atoms with Gasteiger partial charge in [0.05, 0.1) is 13.2 Å². The normalized spacial score (nSPS) is 20.5. The van der Waals surface area contributed by atoms with Gasteiger partial charge in [0.2, 0.25) is 0 Å². The SMILES string of the molecule is CCC1CN(C(=NC)NCc2cccc3c2OCCCO3)CCS1.I. The van der Waals surface area contributed by atoms with E-state index in [4.69, 9.17) is 9.47 Å². The van der Waals surface area contributed by atoms with Gasteiger partial charge in [-0.15, -0.1) is 24.0 Å². The molecule has 0 aliphatic carbocycles. The average molecular weight is 477 g/mol. The van der Waals surface area contributed by atoms with Crippen LogP contribution < -0.4 is 14.8 Å². The van der Waals surface area contributed by atoms with E-state index in [2.05, 4.69) is 40.0 Å². The van der Waals surface area contributed by atoms with Crippen molar-refractivity contribution in [2.45, 2.75) is 31.6 Å². The fraction of sp³-hybridized carbons (Fsp3) is 0.611. The minimum atomic E-state index is 0. The van der Waals surface area contributed by atoms with Gasteiger partial charge in [-0.1, -0.05) is 19.1 Å². The molecule has 5 nitrogen and oxygen atoms in total. The number of rotatable bonds is 3. The van der Waals surface area contributed by atoms with Crippen LogP contribution in [0.2, 0.25) is 0 Å². The van der Waals surface area contributed by atoms with Crippen molar-refractivity contribution in [3.8, 4) is 11.5 Å². The predicted molar refractivity (Wildman–Crippen MR) is 116 cm³/mol. The molecule has 1 aromatic rings. The highest BCUT2D eigenvalue weighted by atomic mass is 127. The number of para-hydroxylation sites is 1. The zero-order chi connectivity index (χ0) is 16.8. The highest BCUT2D eigenvalue weighted by Gasteiger charge is 2.22. The van der Waals surface area contributed by atoms with Gasteiger partial charge in [-0.3, -0.25) is 4.99 Å². The Bertz CT molecular complexity index is 585. The molecule has 1 unspecified atom stereocenters. The molecule has 0 aromatic heterocycles. The number of hydrogen-bond acceptors (Lipinski definition) is 4. The zero-order valence-electron chi connectivity index (χ0n) is 15.0. The summed E-state index contributed by atoms with van der Waals surface area (Å²) in [7, 11) is 1.86. The molecule has 7 heteroatoms. The van der Waals surface area contributed by atoms with Crippen molar-refractivity contribution in [2.75, 3.05) is 39.1 Å². The number of nitrogens with one attached hydrogen (secondary N) is 1. The van der Waals surface area contributed by atoms with E-state index in [1.54, 1.807) is 0 Å². The highest BCUT2D eigenvalue weighted by Crippen LogP contribution is 2.33. The lowest BCUT2D eigenvalue weighted by atomic mass is 10.2. The number of guanidine groups is 1. The Labute approximate surface area is 171 Å². The summed E-state index contributed by atoms with van der Waals surface area (Å²) >= 11 is 2.07. The predicted octanol–water partition coefficient (Wildman–Crippen LogP) is 3.37. The minimum Gasteiger partial charge on any atom is -0.490 e. The highest BCUT2D eigenvalue weighted by molar-refractivity contribution is 14.0. The van der Waals surface area contributed by atoms with E-state index in [-0.39, 0.29) is 24.0 Å². The zero-order valence-corrected chi connectivity index (χ0v) is 18.1. The number of halogens is 1. The van der Waals surface area contributed by atoms with E-state index in [1.807, 2.05) is 19.2 Å². The van der Waals surface area contributed by atoms with Crippen molar-refractivity contribution in [1.29, 1.82) is 0 Å². The quantitative estimate of drug-likeness (QED) is 0.411. The maximum absolute atomic E-state index is 5.90. The third-order valence-electron chi connectivity index (χ3n) is 4.40. The van der Waals surface area contributed by atoms with E-state index >= 15 is 0 Å². The lowest BCUT2D eigenvalue weighted by molar-refractivity contribution is 0.296. The molecule has 0 radical (unpaired) electrons. The van der Waals surface area contributed by atoms with Crippen LogP contribution in [0.1, 0.15) is 25.3 Å². The topological polar surface area (TPSA) is 46.1 Å². The van der Waals surface area contributed by atoms with Gasteiger partial charge in [0.1, 0.15) is 0 Å². The summed E-state index contributed by atoms with van der Waals surface area (Å²) in [5.74, 6) is 3.86. The Morgan fingerprint density at radius 2 is 2.20 bits per heavy atom. The molecule has 0 amide bonds. The molecule has 2 aliphatic heterocycles. The van der Waals surface area contributed by atoms with Crippen molar-refractivity contribution < 1.29 is 9.47 Å². The van der Waals surface area contributed by atoms with Crippen molar-refractivity contribution in [1.82, 2.24) is 10.2 Å². The number of hydrogen-bond donors (Lipinski definition) is 1. The Balaban J connectivity index is 0.00000225. The summed E-state index contributed by atoms with van der Waals surface area (Å²) in [5.41, 5.74) is 1.12. The van der Waals surface area contributed by atoms with Crippen molar-refractivity contribution >= 4 is 41.7 Å². The Morgan fingerprint density at radius 3 is 3.00 bits per heavy atom. The van der Waals surface area contributed by atoms with Crippen LogP contribution in [0.4, 0.5) is 0 Å². The van der Waals surface area contributed by atoms with Crippen LogP contribution in [0.25, 0.3) is 0 Å². The number of thioether (sulfide) groups is 1. The van der Waals surface area contributed by atoms with Crippen LogP contribution in [0.3, 0.4) is 0 Å². The van der Waals surface area contributed by atoms with Gasteiger partial charge in [0, 0.05) is 49.7 Å². The third kappa shape index (κ3) is 5.32. The second-order valence-electron chi connectivity index (χ2n) is 6.04. The number of ether oxygens (including phenoxy) is 2. The first-order chi connectivity index (χ1) is 11.8. The molecule has 0 saturated carbocycles. The molecule has 1 aromatic carbocycles. The molecular weight excluding hydrogens is 449 g/mol. The molecule has 25 heavy (non-hydrogen) atoms. The molecule has 1 fully saturated rings. The molecule has 1 atom stereocenters. The number of aliphatic imine (C=N–C) groups is 1. The lowest BCUT2D eigenvalue weighted by Crippen LogP contribution is -2.47. The van der Waals surface area contributed by atoms with E-state index in [0.29, 0.717) is 18.4 Å². The summed E-state index contributed by atoms with van der Waals surface area (Å²) in [6.07, 6.45) is 2.13. The Kier molecular flexibility index (Phi) is 8.48. The van der Waals surface area contributed by atoms with Crippen LogP contribution >= 0.6 is 35.7 Å². The molecular formula is C18H28IN3O2S. The second-order valence-corrected chi connectivity index (χ2v) is 7.45. The molecule has 2 aliphatic rings. The van der Waals surface area contributed by atoms with E-state index in [0.717, 1.165) is 54.9 Å². The van der Waals surface area contributed by atoms with Crippen LogP contribution in [0.15, 0.2) is 23.2 Å². The van der Waals surface area contributed by atoms with Crippen LogP contribution in [0.5, 0.6) is 11.5 Å². The molecule has 0 spiro atoms. The van der Waals surface area contributed by atoms with Gasteiger partial charge in [-0.2, -0.15) is 11.8 Å². The third-order valence-corrected chi connectivity index (χ3v) is 5.77. The van der Waals surface area contributed by atoms with Crippen molar-refractivity contribution in [3.63, 3.8) is 0 Å². The largest absolute Gasteiger partial charge is 0.490 e. The Hall–Kier alpha value is -0.830. The number of benzene rings is 1. The summed E-state index contributed by atoms with van der Waals surface area (Å²) in [4.78, 5) is 6.84. The fourth-order valence-corrected chi connectivity index (χ4v) is 4.24. The van der Waals surface area contributed by atoms with Gasteiger partial charge in [0.15, 0.2) is 17.5 Å². The van der Waals surface area contributed by atoms with Gasteiger partial charge in [-0.05, 0) is 12.5 Å². The summed E-state index contributed by atoms with van der Waals surface area (Å²) in [5, 5.41) is 4.20. The monoisotopic (exact) mass is 477 g/mol. The van der Waals surface area contributed by atoms with E-state index in [9.17, 15) is 0 Å². The minimum absolute atomic E-state index is 0. The molecule has 140 valence electrons. The first-order valence-corrected chi connectivity index (χ1v) is 9.81. The van der Waals surface area contributed by atoms with Gasteiger partial charge < -0.3 is 19.7 Å². The first kappa shape index (κ1) is 20.5. The van der Waals surface area contributed by atoms with E-state index in [1.165, 1.54) is 6.42 Å². The van der Waals surface area contributed by atoms with Crippen molar-refractivity contribution in [2.24, 2.45) is 4.99 Å². The molecule has 2 heterocycles. The number of fused-ring (bicyclic) bond motifs is 1. The van der Waals surface area contributed by atoms with Crippen LogP contribution in [-0.2, 0) is 6.54 Å². The smallest absolute Gasteiger partial charge is 0.193 e. The standard InChI is InChI=1S/C18H27N3O2S.HI/c1-3-15-13-21(8-11-24-15)18(19-2)20-12-14-6-4-7-16-17(14)23-10-5-9-22-16;/h4,6-7,15H,3,5,8-13H2,1-2H3,(H,19,20);1H. The Morgan fingerprint density at radius 1 is 1.36 bits per heavy atom. The summed E-state index contributed by atoms with van der Waals surface area (Å²) in [6.45, 7) is 6.49. The fourth-order valence-electron chi connectivity index (χ4n) is 3.06. The second kappa shape index (κ2) is 10.4. The maximum atomic E-state index is 5.90. The van der Waals surface area contributed by atoms with Gasteiger partial charge >= 0.3 is 0 Å². The lowest BCUT2D eigenvalue weighted by Gasteiger charge is -2.34. The van der Waals surface area contributed by atoms with Crippen LogP contribution in [-0.4, -0.2) is 55.2 Å². The van der Waals surface area contributed by atoms with Gasteiger partial charge in [0.25, 0.3) is 0 Å². The van der Waals surface area contributed by atoms with Crippen molar-refractivity contribution in [3.05, 3.63) is 23.8 Å². The molecule has 0 bridgehead atoms. The molecule has 3 rings (SSSR count). The number of nitrogens with zero attached hydrogens (tertiary/aromatic N) is 2. The van der Waals surface area contributed by atoms with Gasteiger partial charge in [-0.25, -0.2) is 0 Å². The first-order valence-electron chi connectivity index (χ1n) is 8.76. The summed E-state index contributed by atoms with van der Waals surface area (Å²) < 4.78 is 11.7. The van der Waals surface area contributed by atoms with Crippen LogP contribution in [0, 0.1) is 0 Å². The molecule has 1 saturated heterocycles. The summed E-state index contributed by atoms with van der Waals surface area (Å²) in [6, 6.07) is 6.10.